The zero-order valence-electron chi connectivity index (χ0n) is 15.7. The summed E-state index contributed by atoms with van der Waals surface area (Å²) < 4.78 is 1.68. The minimum absolute atomic E-state index is 0.0397. The van der Waals surface area contributed by atoms with Gasteiger partial charge < -0.3 is 9.67 Å². The molecule has 0 spiro atoms. The van der Waals surface area contributed by atoms with Crippen LogP contribution in [0.1, 0.15) is 10.4 Å². The molecular formula is C24H19N3O2. The number of fused-ring (bicyclic) bond motifs is 1. The van der Waals surface area contributed by atoms with Crippen molar-refractivity contribution in [2.45, 2.75) is 6.54 Å². The average Bonchev–Trinajstić information content (AvgIpc) is 3.04. The smallest absolute Gasteiger partial charge is 0.295 e. The van der Waals surface area contributed by atoms with E-state index in [4.69, 9.17) is 0 Å². The summed E-state index contributed by atoms with van der Waals surface area (Å²) in [6.45, 7) is 4.14. The van der Waals surface area contributed by atoms with Crippen molar-refractivity contribution in [2.75, 3.05) is 0 Å². The van der Waals surface area contributed by atoms with Crippen molar-refractivity contribution < 1.29 is 9.90 Å². The Balaban J connectivity index is 1.62. The van der Waals surface area contributed by atoms with Gasteiger partial charge in [0.25, 0.3) is 5.91 Å². The van der Waals surface area contributed by atoms with Crippen molar-refractivity contribution in [1.29, 1.82) is 0 Å². The first-order valence-electron chi connectivity index (χ1n) is 9.21. The van der Waals surface area contributed by atoms with Crippen LogP contribution in [-0.2, 0) is 6.54 Å². The molecule has 1 aromatic heterocycles. The summed E-state index contributed by atoms with van der Waals surface area (Å²) in [5.74, 6) is -0.508. The van der Waals surface area contributed by atoms with Crippen molar-refractivity contribution in [3.05, 3.63) is 97.1 Å². The van der Waals surface area contributed by atoms with Gasteiger partial charge in [-0.05, 0) is 29.3 Å². The van der Waals surface area contributed by atoms with E-state index in [2.05, 4.69) is 16.8 Å². The van der Waals surface area contributed by atoms with Crippen LogP contribution in [0.25, 0.3) is 22.0 Å². The van der Waals surface area contributed by atoms with Crippen LogP contribution in [0.3, 0.4) is 0 Å². The molecule has 0 atom stereocenters. The predicted octanol–water partition coefficient (Wildman–Crippen LogP) is 6.12. The normalized spacial score (nSPS) is 11.2. The Bertz CT molecular complexity index is 1210. The second-order valence-electron chi connectivity index (χ2n) is 6.54. The number of azo groups is 1. The van der Waals surface area contributed by atoms with E-state index in [1.807, 2.05) is 66.7 Å². The van der Waals surface area contributed by atoms with Crippen LogP contribution in [0.2, 0.25) is 0 Å². The van der Waals surface area contributed by atoms with E-state index in [-0.39, 0.29) is 11.6 Å². The lowest BCUT2D eigenvalue weighted by Gasteiger charge is -2.02. The standard InChI is InChI=1S/C24H19N3O2/c1-2-16-27-21-11-7-6-10-20(21)22(24(27)29)25-26-23(28)19-14-12-18(13-15-19)17-8-4-3-5-9-17/h2-15,29H,1,16H2. The van der Waals surface area contributed by atoms with Gasteiger partial charge in [0.15, 0.2) is 5.69 Å². The molecule has 4 rings (SSSR count). The number of nitrogens with zero attached hydrogens (tertiary/aromatic N) is 3. The molecule has 142 valence electrons. The van der Waals surface area contributed by atoms with Crippen molar-refractivity contribution in [3.63, 3.8) is 0 Å². The van der Waals surface area contributed by atoms with Crippen LogP contribution < -0.4 is 0 Å². The molecule has 0 saturated carbocycles. The fraction of sp³-hybridized carbons (Fsp3) is 0.0417. The minimum Gasteiger partial charge on any atom is -0.493 e. The van der Waals surface area contributed by atoms with E-state index >= 15 is 0 Å². The topological polar surface area (TPSA) is 66.9 Å². The van der Waals surface area contributed by atoms with Gasteiger partial charge in [0, 0.05) is 17.5 Å². The molecule has 0 aliphatic rings. The maximum Gasteiger partial charge on any atom is 0.295 e. The number of para-hydroxylation sites is 1. The van der Waals surface area contributed by atoms with Crippen molar-refractivity contribution in [3.8, 4) is 17.0 Å². The zero-order valence-corrected chi connectivity index (χ0v) is 15.7. The molecule has 3 aromatic carbocycles. The summed E-state index contributed by atoms with van der Waals surface area (Å²) >= 11 is 0. The Morgan fingerprint density at radius 3 is 2.31 bits per heavy atom. The summed E-state index contributed by atoms with van der Waals surface area (Å²) in [5, 5.41) is 19.2. The van der Waals surface area contributed by atoms with Gasteiger partial charge in [-0.25, -0.2) is 0 Å². The first kappa shape index (κ1) is 18.4. The highest BCUT2D eigenvalue weighted by molar-refractivity contribution is 5.97. The van der Waals surface area contributed by atoms with E-state index < -0.39 is 5.91 Å². The van der Waals surface area contributed by atoms with Gasteiger partial charge in [-0.3, -0.25) is 4.79 Å². The summed E-state index contributed by atoms with van der Waals surface area (Å²) in [6.07, 6.45) is 1.69. The van der Waals surface area contributed by atoms with E-state index in [1.165, 1.54) is 0 Å². The Kier molecular flexibility index (Phi) is 5.03. The van der Waals surface area contributed by atoms with Gasteiger partial charge in [-0.1, -0.05) is 66.7 Å². The maximum atomic E-state index is 12.5. The molecule has 0 radical (unpaired) electrons. The van der Waals surface area contributed by atoms with Crippen molar-refractivity contribution in [2.24, 2.45) is 10.2 Å². The highest BCUT2D eigenvalue weighted by Gasteiger charge is 2.16. The molecule has 0 bridgehead atoms. The van der Waals surface area contributed by atoms with Crippen LogP contribution in [0.5, 0.6) is 5.88 Å². The van der Waals surface area contributed by atoms with Gasteiger partial charge in [-0.2, -0.15) is 0 Å². The predicted molar refractivity (Wildman–Crippen MR) is 115 cm³/mol. The van der Waals surface area contributed by atoms with Crippen LogP contribution in [0, 0.1) is 0 Å². The maximum absolute atomic E-state index is 12.5. The third-order valence-electron chi connectivity index (χ3n) is 4.71. The molecule has 29 heavy (non-hydrogen) atoms. The van der Waals surface area contributed by atoms with Crippen LogP contribution >= 0.6 is 0 Å². The highest BCUT2D eigenvalue weighted by atomic mass is 16.3. The Morgan fingerprint density at radius 2 is 1.59 bits per heavy atom. The third-order valence-corrected chi connectivity index (χ3v) is 4.71. The number of hydrogen-bond acceptors (Lipinski definition) is 3. The van der Waals surface area contributed by atoms with Crippen LogP contribution in [-0.4, -0.2) is 15.6 Å². The molecule has 0 fully saturated rings. The second-order valence-corrected chi connectivity index (χ2v) is 6.54. The van der Waals surface area contributed by atoms with E-state index in [0.717, 1.165) is 22.0 Å². The van der Waals surface area contributed by atoms with Gasteiger partial charge in [0.2, 0.25) is 5.88 Å². The molecule has 1 heterocycles. The second kappa shape index (κ2) is 7.94. The molecular weight excluding hydrogens is 362 g/mol. The quantitative estimate of drug-likeness (QED) is 0.334. The van der Waals surface area contributed by atoms with E-state index in [1.54, 1.807) is 22.8 Å². The molecule has 0 aliphatic carbocycles. The summed E-state index contributed by atoms with van der Waals surface area (Å²) in [4.78, 5) is 12.5. The molecule has 5 heteroatoms. The number of rotatable bonds is 5. The number of carbonyl (C=O) groups excluding carboxylic acids is 1. The molecule has 0 unspecified atom stereocenters. The van der Waals surface area contributed by atoms with Gasteiger partial charge in [0.1, 0.15) is 0 Å². The number of hydrogen-bond donors (Lipinski definition) is 1. The first-order chi connectivity index (χ1) is 14.2. The molecule has 1 N–H and O–H groups in total. The number of amides is 1. The Hall–Kier alpha value is -3.99. The number of carbonyl (C=O) groups is 1. The summed E-state index contributed by atoms with van der Waals surface area (Å²) in [5.41, 5.74) is 3.61. The Labute approximate surface area is 168 Å². The number of benzene rings is 3. The van der Waals surface area contributed by atoms with Crippen LogP contribution in [0.15, 0.2) is 102 Å². The van der Waals surface area contributed by atoms with Gasteiger partial charge in [-0.15, -0.1) is 16.8 Å². The fourth-order valence-corrected chi connectivity index (χ4v) is 3.27. The number of allylic oxidation sites excluding steroid dienone is 1. The lowest BCUT2D eigenvalue weighted by atomic mass is 10.0. The van der Waals surface area contributed by atoms with Gasteiger partial charge >= 0.3 is 0 Å². The number of aromatic nitrogens is 1. The van der Waals surface area contributed by atoms with E-state index in [0.29, 0.717) is 12.1 Å². The summed E-state index contributed by atoms with van der Waals surface area (Å²) in [7, 11) is 0. The lowest BCUT2D eigenvalue weighted by Crippen LogP contribution is -1.93. The SMILES string of the molecule is C=CCn1c(O)c(N=NC(=O)c2ccc(-c3ccccc3)cc2)c2ccccc21. The van der Waals surface area contributed by atoms with Gasteiger partial charge in [0.05, 0.1) is 5.52 Å². The van der Waals surface area contributed by atoms with Crippen LogP contribution in [0.4, 0.5) is 5.69 Å². The fourth-order valence-electron chi connectivity index (χ4n) is 3.27. The van der Waals surface area contributed by atoms with Crippen molar-refractivity contribution >= 4 is 22.5 Å². The molecule has 0 saturated heterocycles. The average molecular weight is 381 g/mol. The zero-order chi connectivity index (χ0) is 20.2. The number of aromatic hydroxyl groups is 1. The highest BCUT2D eigenvalue weighted by Crippen LogP contribution is 2.38. The molecule has 4 aromatic rings. The van der Waals surface area contributed by atoms with E-state index in [9.17, 15) is 9.90 Å². The Morgan fingerprint density at radius 1 is 0.931 bits per heavy atom. The first-order valence-corrected chi connectivity index (χ1v) is 9.21. The summed E-state index contributed by atoms with van der Waals surface area (Å²) in [6, 6.07) is 24.6. The molecule has 5 nitrogen and oxygen atoms in total. The molecule has 0 aliphatic heterocycles. The largest absolute Gasteiger partial charge is 0.493 e. The lowest BCUT2D eigenvalue weighted by molar-refractivity contribution is 0.0995. The van der Waals surface area contributed by atoms with Crippen molar-refractivity contribution in [1.82, 2.24) is 4.57 Å². The third kappa shape index (κ3) is 3.58. The molecule has 1 amide bonds. The minimum atomic E-state index is -0.468. The monoisotopic (exact) mass is 381 g/mol.